The molecule has 1 aromatic carbocycles. The van der Waals surface area contributed by atoms with Crippen LogP contribution in [0, 0.1) is 11.7 Å². The number of rotatable bonds is 2. The monoisotopic (exact) mass is 282 g/mol. The SMILES string of the molecule is O=C(c1ccc(Br)cc1F)C1CC=CCC1. The van der Waals surface area contributed by atoms with Gasteiger partial charge in [0.25, 0.3) is 0 Å². The highest BCUT2D eigenvalue weighted by Crippen LogP contribution is 2.25. The maximum atomic E-state index is 13.6. The van der Waals surface area contributed by atoms with Crippen LogP contribution in [0.4, 0.5) is 4.39 Å². The Hall–Kier alpha value is -0.960. The van der Waals surface area contributed by atoms with Gasteiger partial charge in [-0.3, -0.25) is 4.79 Å². The van der Waals surface area contributed by atoms with Crippen LogP contribution in [-0.4, -0.2) is 5.78 Å². The Labute approximate surface area is 102 Å². The normalized spacial score (nSPS) is 19.8. The number of ketones is 1. The molecule has 0 bridgehead atoms. The summed E-state index contributed by atoms with van der Waals surface area (Å²) in [4.78, 5) is 12.0. The van der Waals surface area contributed by atoms with E-state index < -0.39 is 5.82 Å². The number of Topliss-reactive ketones (excluding diaryl/α,β-unsaturated/α-hetero) is 1. The average molecular weight is 283 g/mol. The number of benzene rings is 1. The second-order valence-corrected chi connectivity index (χ2v) is 4.89. The van der Waals surface area contributed by atoms with E-state index in [1.807, 2.05) is 6.08 Å². The summed E-state index contributed by atoms with van der Waals surface area (Å²) in [5, 5.41) is 0. The molecule has 0 aliphatic heterocycles. The van der Waals surface area contributed by atoms with Crippen LogP contribution in [0.25, 0.3) is 0 Å². The molecule has 0 fully saturated rings. The molecule has 0 heterocycles. The number of halogens is 2. The second kappa shape index (κ2) is 4.91. The lowest BCUT2D eigenvalue weighted by molar-refractivity contribution is 0.0908. The first-order valence-corrected chi connectivity index (χ1v) is 6.12. The van der Waals surface area contributed by atoms with Gasteiger partial charge in [0.1, 0.15) is 5.82 Å². The lowest BCUT2D eigenvalue weighted by Gasteiger charge is -2.16. The van der Waals surface area contributed by atoms with Gasteiger partial charge in [-0.2, -0.15) is 0 Å². The minimum atomic E-state index is -0.436. The predicted molar refractivity (Wildman–Crippen MR) is 64.9 cm³/mol. The summed E-state index contributed by atoms with van der Waals surface area (Å²) in [6.45, 7) is 0. The van der Waals surface area contributed by atoms with Crippen molar-refractivity contribution in [3.05, 3.63) is 46.2 Å². The van der Waals surface area contributed by atoms with Gasteiger partial charge in [-0.05, 0) is 37.5 Å². The predicted octanol–water partition coefficient (Wildman–Crippen LogP) is 4.13. The van der Waals surface area contributed by atoms with E-state index >= 15 is 0 Å². The highest BCUT2D eigenvalue weighted by Gasteiger charge is 2.22. The molecule has 0 radical (unpaired) electrons. The smallest absolute Gasteiger partial charge is 0.169 e. The van der Waals surface area contributed by atoms with Gasteiger partial charge in [-0.1, -0.05) is 28.1 Å². The van der Waals surface area contributed by atoms with Crippen molar-refractivity contribution in [2.75, 3.05) is 0 Å². The largest absolute Gasteiger partial charge is 0.294 e. The van der Waals surface area contributed by atoms with Crippen LogP contribution < -0.4 is 0 Å². The van der Waals surface area contributed by atoms with Crippen molar-refractivity contribution < 1.29 is 9.18 Å². The quantitative estimate of drug-likeness (QED) is 0.589. The Morgan fingerprint density at radius 2 is 2.19 bits per heavy atom. The molecule has 0 saturated heterocycles. The van der Waals surface area contributed by atoms with E-state index in [2.05, 4.69) is 22.0 Å². The third-order valence-electron chi connectivity index (χ3n) is 2.84. The van der Waals surface area contributed by atoms with Crippen LogP contribution in [0.3, 0.4) is 0 Å². The number of hydrogen-bond donors (Lipinski definition) is 0. The van der Waals surface area contributed by atoms with Gasteiger partial charge >= 0.3 is 0 Å². The summed E-state index contributed by atoms with van der Waals surface area (Å²) < 4.78 is 14.2. The van der Waals surface area contributed by atoms with Crippen molar-refractivity contribution in [3.8, 4) is 0 Å². The second-order valence-electron chi connectivity index (χ2n) is 3.97. The van der Waals surface area contributed by atoms with Gasteiger partial charge < -0.3 is 0 Å². The van der Waals surface area contributed by atoms with Gasteiger partial charge in [0.15, 0.2) is 5.78 Å². The van der Waals surface area contributed by atoms with Crippen molar-refractivity contribution in [2.24, 2.45) is 5.92 Å². The number of allylic oxidation sites excluding steroid dienone is 2. The molecule has 1 aromatic rings. The first-order chi connectivity index (χ1) is 7.68. The Morgan fingerprint density at radius 1 is 1.38 bits per heavy atom. The zero-order valence-corrected chi connectivity index (χ0v) is 10.3. The van der Waals surface area contributed by atoms with Crippen LogP contribution in [0.1, 0.15) is 29.6 Å². The summed E-state index contributed by atoms with van der Waals surface area (Å²) in [5.74, 6) is -0.566. The van der Waals surface area contributed by atoms with Gasteiger partial charge in [-0.25, -0.2) is 4.39 Å². The molecule has 3 heteroatoms. The average Bonchev–Trinajstić information content (AvgIpc) is 2.29. The third kappa shape index (κ3) is 2.40. The zero-order valence-electron chi connectivity index (χ0n) is 8.75. The van der Waals surface area contributed by atoms with Crippen LogP contribution in [0.15, 0.2) is 34.8 Å². The summed E-state index contributed by atoms with van der Waals surface area (Å²) in [7, 11) is 0. The van der Waals surface area contributed by atoms with E-state index in [4.69, 9.17) is 0 Å². The molecule has 84 valence electrons. The van der Waals surface area contributed by atoms with Crippen molar-refractivity contribution >= 4 is 21.7 Å². The topological polar surface area (TPSA) is 17.1 Å². The van der Waals surface area contributed by atoms with Gasteiger partial charge in [0.2, 0.25) is 0 Å². The van der Waals surface area contributed by atoms with E-state index in [0.29, 0.717) is 4.47 Å². The standard InChI is InChI=1S/C13H12BrFO/c14-10-6-7-11(12(15)8-10)13(16)9-4-2-1-3-5-9/h1-2,6-9H,3-5H2. The molecule has 1 aliphatic rings. The molecule has 0 aromatic heterocycles. The zero-order chi connectivity index (χ0) is 11.5. The maximum Gasteiger partial charge on any atom is 0.169 e. The molecule has 0 N–H and O–H groups in total. The molecular formula is C13H12BrFO. The fourth-order valence-corrected chi connectivity index (χ4v) is 2.27. The Balaban J connectivity index is 2.23. The fraction of sp³-hybridized carbons (Fsp3) is 0.308. The summed E-state index contributed by atoms with van der Waals surface area (Å²) in [6.07, 6.45) is 6.54. The molecule has 1 aliphatic carbocycles. The summed E-state index contributed by atoms with van der Waals surface area (Å²) >= 11 is 3.18. The molecule has 0 spiro atoms. The minimum absolute atomic E-state index is 0.0549. The molecule has 1 atom stereocenters. The van der Waals surface area contributed by atoms with Crippen LogP contribution in [-0.2, 0) is 0 Å². The molecule has 2 rings (SSSR count). The lowest BCUT2D eigenvalue weighted by atomic mass is 9.87. The maximum absolute atomic E-state index is 13.6. The highest BCUT2D eigenvalue weighted by molar-refractivity contribution is 9.10. The molecular weight excluding hydrogens is 271 g/mol. The van der Waals surface area contributed by atoms with Crippen molar-refractivity contribution in [1.82, 2.24) is 0 Å². The summed E-state index contributed by atoms with van der Waals surface area (Å²) in [5.41, 5.74) is 0.212. The number of hydrogen-bond acceptors (Lipinski definition) is 1. The molecule has 1 unspecified atom stereocenters. The number of carbonyl (C=O) groups excluding carboxylic acids is 1. The highest BCUT2D eigenvalue weighted by atomic mass is 79.9. The van der Waals surface area contributed by atoms with Crippen molar-refractivity contribution in [3.63, 3.8) is 0 Å². The summed E-state index contributed by atoms with van der Waals surface area (Å²) in [6, 6.07) is 4.60. The van der Waals surface area contributed by atoms with E-state index in [-0.39, 0.29) is 17.3 Å². The first-order valence-electron chi connectivity index (χ1n) is 5.33. The third-order valence-corrected chi connectivity index (χ3v) is 3.33. The van der Waals surface area contributed by atoms with E-state index in [9.17, 15) is 9.18 Å². The van der Waals surface area contributed by atoms with E-state index in [0.717, 1.165) is 19.3 Å². The first kappa shape index (κ1) is 11.5. The molecule has 1 nitrogen and oxygen atoms in total. The van der Waals surface area contributed by atoms with Crippen molar-refractivity contribution in [1.29, 1.82) is 0 Å². The van der Waals surface area contributed by atoms with Gasteiger partial charge in [0.05, 0.1) is 5.56 Å². The van der Waals surface area contributed by atoms with Crippen LogP contribution in [0.2, 0.25) is 0 Å². The lowest BCUT2D eigenvalue weighted by Crippen LogP contribution is -2.17. The Kier molecular flexibility index (Phi) is 3.54. The Bertz CT molecular complexity index is 440. The molecule has 0 amide bonds. The van der Waals surface area contributed by atoms with E-state index in [1.165, 1.54) is 6.07 Å². The fourth-order valence-electron chi connectivity index (χ4n) is 1.94. The van der Waals surface area contributed by atoms with Gasteiger partial charge in [-0.15, -0.1) is 0 Å². The Morgan fingerprint density at radius 3 is 2.81 bits per heavy atom. The van der Waals surface area contributed by atoms with Crippen molar-refractivity contribution in [2.45, 2.75) is 19.3 Å². The molecule has 0 saturated carbocycles. The van der Waals surface area contributed by atoms with E-state index in [1.54, 1.807) is 12.1 Å². The molecule has 16 heavy (non-hydrogen) atoms. The van der Waals surface area contributed by atoms with Gasteiger partial charge in [0, 0.05) is 10.4 Å². The van der Waals surface area contributed by atoms with Crippen LogP contribution >= 0.6 is 15.9 Å². The minimum Gasteiger partial charge on any atom is -0.294 e. The number of carbonyl (C=O) groups is 1. The van der Waals surface area contributed by atoms with Crippen LogP contribution in [0.5, 0.6) is 0 Å².